The van der Waals surface area contributed by atoms with E-state index in [0.717, 1.165) is 6.42 Å². The summed E-state index contributed by atoms with van der Waals surface area (Å²) < 4.78 is 10.2. The van der Waals surface area contributed by atoms with Crippen LogP contribution in [0.2, 0.25) is 0 Å². The van der Waals surface area contributed by atoms with Crippen molar-refractivity contribution in [1.29, 1.82) is 0 Å². The van der Waals surface area contributed by atoms with Gasteiger partial charge in [0, 0.05) is 12.5 Å². The zero-order valence-corrected chi connectivity index (χ0v) is 10.0. The maximum absolute atomic E-state index is 10.9. The van der Waals surface area contributed by atoms with Crippen LogP contribution in [0.15, 0.2) is 4.42 Å². The summed E-state index contributed by atoms with van der Waals surface area (Å²) in [6.45, 7) is 6.06. The van der Waals surface area contributed by atoms with Crippen LogP contribution in [0.25, 0.3) is 0 Å². The van der Waals surface area contributed by atoms with Crippen LogP contribution >= 0.6 is 0 Å². The van der Waals surface area contributed by atoms with Gasteiger partial charge in [-0.3, -0.25) is 0 Å². The van der Waals surface area contributed by atoms with Crippen LogP contribution in [-0.4, -0.2) is 23.2 Å². The van der Waals surface area contributed by atoms with Gasteiger partial charge in [-0.1, -0.05) is 20.8 Å². The molecule has 0 aliphatic rings. The minimum absolute atomic E-state index is 0.127. The van der Waals surface area contributed by atoms with Gasteiger partial charge in [0.25, 0.3) is 0 Å². The van der Waals surface area contributed by atoms with Gasteiger partial charge >= 0.3 is 5.97 Å². The highest BCUT2D eigenvalue weighted by molar-refractivity contribution is 5.85. The van der Waals surface area contributed by atoms with Crippen molar-refractivity contribution >= 4 is 5.97 Å². The van der Waals surface area contributed by atoms with Crippen molar-refractivity contribution in [3.8, 4) is 0 Å². The van der Waals surface area contributed by atoms with E-state index in [2.05, 4.69) is 4.98 Å². The highest BCUT2D eigenvalue weighted by Gasteiger charge is 2.28. The van der Waals surface area contributed by atoms with Gasteiger partial charge in [0.05, 0.1) is 6.61 Å². The number of carboxylic acid groups (broad SMARTS) is 1. The fourth-order valence-electron chi connectivity index (χ4n) is 1.19. The number of oxazole rings is 1. The van der Waals surface area contributed by atoms with E-state index in [1.807, 2.05) is 20.8 Å². The zero-order chi connectivity index (χ0) is 12.3. The standard InChI is InChI=1S/C11H17NO4/c1-5-11(2,3)10-12-7(6-15-4)8(16-10)9(13)14/h5-6H2,1-4H3,(H,13,14). The molecule has 1 aromatic heterocycles. The van der Waals surface area contributed by atoms with Crippen LogP contribution in [-0.2, 0) is 16.8 Å². The normalized spacial score (nSPS) is 11.8. The molecule has 90 valence electrons. The van der Waals surface area contributed by atoms with E-state index < -0.39 is 5.97 Å². The number of hydrogen-bond donors (Lipinski definition) is 1. The average molecular weight is 227 g/mol. The molecule has 0 atom stereocenters. The molecule has 5 nitrogen and oxygen atoms in total. The summed E-state index contributed by atoms with van der Waals surface area (Å²) >= 11 is 0. The van der Waals surface area contributed by atoms with Gasteiger partial charge in [-0.2, -0.15) is 0 Å². The van der Waals surface area contributed by atoms with Crippen molar-refractivity contribution in [2.24, 2.45) is 0 Å². The van der Waals surface area contributed by atoms with Gasteiger partial charge in [0.2, 0.25) is 11.7 Å². The van der Waals surface area contributed by atoms with Gasteiger partial charge in [0.1, 0.15) is 5.69 Å². The minimum Gasteiger partial charge on any atom is -0.475 e. The van der Waals surface area contributed by atoms with Gasteiger partial charge in [0.15, 0.2) is 0 Å². The molecule has 0 bridgehead atoms. The molecule has 0 unspecified atom stereocenters. The second-order valence-electron chi connectivity index (χ2n) is 4.27. The van der Waals surface area contributed by atoms with E-state index in [1.165, 1.54) is 7.11 Å². The molecule has 0 saturated carbocycles. The highest BCUT2D eigenvalue weighted by atomic mass is 16.5. The Morgan fingerprint density at radius 1 is 1.56 bits per heavy atom. The van der Waals surface area contributed by atoms with Crippen LogP contribution in [0, 0.1) is 0 Å². The lowest BCUT2D eigenvalue weighted by Gasteiger charge is -2.17. The summed E-state index contributed by atoms with van der Waals surface area (Å²) in [6, 6.07) is 0. The lowest BCUT2D eigenvalue weighted by molar-refractivity contribution is 0.0651. The van der Waals surface area contributed by atoms with Gasteiger partial charge < -0.3 is 14.3 Å². The molecule has 5 heteroatoms. The SMILES string of the molecule is CCC(C)(C)c1nc(COC)c(C(=O)O)o1. The zero-order valence-electron chi connectivity index (χ0n) is 10.0. The van der Waals surface area contributed by atoms with Crippen molar-refractivity contribution in [2.75, 3.05) is 7.11 Å². The molecule has 0 aromatic carbocycles. The number of carbonyl (C=O) groups is 1. The number of aromatic carboxylic acids is 1. The van der Waals surface area contributed by atoms with E-state index >= 15 is 0 Å². The number of aromatic nitrogens is 1. The van der Waals surface area contributed by atoms with Crippen molar-refractivity contribution in [2.45, 2.75) is 39.2 Å². The van der Waals surface area contributed by atoms with E-state index in [0.29, 0.717) is 11.6 Å². The molecular weight excluding hydrogens is 210 g/mol. The van der Waals surface area contributed by atoms with Crippen LogP contribution in [0.1, 0.15) is 49.3 Å². The topological polar surface area (TPSA) is 72.6 Å². The molecule has 0 radical (unpaired) electrons. The summed E-state index contributed by atoms with van der Waals surface area (Å²) in [5.74, 6) is -0.796. The monoisotopic (exact) mass is 227 g/mol. The van der Waals surface area contributed by atoms with Crippen LogP contribution in [0.4, 0.5) is 0 Å². The number of carboxylic acids is 1. The Morgan fingerprint density at radius 3 is 2.62 bits per heavy atom. The summed E-state index contributed by atoms with van der Waals surface area (Å²) in [5, 5.41) is 8.95. The third-order valence-electron chi connectivity index (χ3n) is 2.64. The molecule has 1 N–H and O–H groups in total. The lowest BCUT2D eigenvalue weighted by atomic mass is 9.90. The maximum atomic E-state index is 10.9. The summed E-state index contributed by atoms with van der Waals surface area (Å²) in [7, 11) is 1.49. The number of nitrogens with zero attached hydrogens (tertiary/aromatic N) is 1. The Kier molecular flexibility index (Phi) is 3.70. The molecule has 1 heterocycles. The van der Waals surface area contributed by atoms with Gasteiger partial charge in [-0.05, 0) is 6.42 Å². The Hall–Kier alpha value is -1.36. The Balaban J connectivity index is 3.15. The van der Waals surface area contributed by atoms with Crippen LogP contribution in [0.5, 0.6) is 0 Å². The van der Waals surface area contributed by atoms with Crippen molar-refractivity contribution < 1.29 is 19.1 Å². The summed E-state index contributed by atoms with van der Waals surface area (Å²) in [6.07, 6.45) is 0.818. The van der Waals surface area contributed by atoms with Crippen molar-refractivity contribution in [1.82, 2.24) is 4.98 Å². The molecule has 0 aliphatic carbocycles. The quantitative estimate of drug-likeness (QED) is 0.834. The Morgan fingerprint density at radius 2 is 2.19 bits per heavy atom. The number of methoxy groups -OCH3 is 1. The molecule has 1 aromatic rings. The first kappa shape index (κ1) is 12.7. The first-order valence-corrected chi connectivity index (χ1v) is 5.14. The average Bonchev–Trinajstić information content (AvgIpc) is 2.63. The third-order valence-corrected chi connectivity index (χ3v) is 2.64. The summed E-state index contributed by atoms with van der Waals surface area (Å²) in [4.78, 5) is 15.1. The second kappa shape index (κ2) is 4.65. The number of hydrogen-bond acceptors (Lipinski definition) is 4. The fourth-order valence-corrected chi connectivity index (χ4v) is 1.19. The molecule has 0 saturated heterocycles. The lowest BCUT2D eigenvalue weighted by Crippen LogP contribution is -2.15. The fraction of sp³-hybridized carbons (Fsp3) is 0.636. The molecule has 16 heavy (non-hydrogen) atoms. The highest BCUT2D eigenvalue weighted by Crippen LogP contribution is 2.28. The van der Waals surface area contributed by atoms with E-state index in [1.54, 1.807) is 0 Å². The summed E-state index contributed by atoms with van der Waals surface area (Å²) in [5.41, 5.74) is 0.0717. The minimum atomic E-state index is -1.11. The molecule has 0 spiro atoms. The van der Waals surface area contributed by atoms with Crippen molar-refractivity contribution in [3.05, 3.63) is 17.3 Å². The second-order valence-corrected chi connectivity index (χ2v) is 4.27. The Bertz CT molecular complexity index is 381. The number of ether oxygens (including phenoxy) is 1. The van der Waals surface area contributed by atoms with E-state index in [4.69, 9.17) is 14.3 Å². The first-order valence-electron chi connectivity index (χ1n) is 5.14. The van der Waals surface area contributed by atoms with Crippen molar-refractivity contribution in [3.63, 3.8) is 0 Å². The molecule has 0 fully saturated rings. The third kappa shape index (κ3) is 2.41. The first-order chi connectivity index (χ1) is 7.42. The molecular formula is C11H17NO4. The van der Waals surface area contributed by atoms with Gasteiger partial charge in [-0.15, -0.1) is 0 Å². The largest absolute Gasteiger partial charge is 0.475 e. The maximum Gasteiger partial charge on any atom is 0.373 e. The molecule has 0 amide bonds. The molecule has 1 rings (SSSR count). The predicted octanol–water partition coefficient (Wildman–Crippen LogP) is 2.21. The van der Waals surface area contributed by atoms with Gasteiger partial charge in [-0.25, -0.2) is 9.78 Å². The van der Waals surface area contributed by atoms with E-state index in [9.17, 15) is 4.79 Å². The molecule has 0 aliphatic heterocycles. The smallest absolute Gasteiger partial charge is 0.373 e. The predicted molar refractivity (Wildman–Crippen MR) is 57.5 cm³/mol. The Labute approximate surface area is 94.4 Å². The van der Waals surface area contributed by atoms with Crippen LogP contribution < -0.4 is 0 Å². The van der Waals surface area contributed by atoms with Crippen LogP contribution in [0.3, 0.4) is 0 Å². The van der Waals surface area contributed by atoms with E-state index in [-0.39, 0.29) is 17.8 Å². The number of rotatable bonds is 5.